The summed E-state index contributed by atoms with van der Waals surface area (Å²) in [5, 5.41) is 11.4. The number of carbonyl (C=O) groups excluding carboxylic acids is 1. The van der Waals surface area contributed by atoms with Gasteiger partial charge in [0.05, 0.1) is 5.36 Å². The highest BCUT2D eigenvalue weighted by molar-refractivity contribution is 8.14. The van der Waals surface area contributed by atoms with Gasteiger partial charge >= 0.3 is 0 Å². The summed E-state index contributed by atoms with van der Waals surface area (Å²) in [6.07, 6.45) is 1.32. The third kappa shape index (κ3) is 4.40. The number of thioether (sulfide) groups is 1. The zero-order chi connectivity index (χ0) is 22.6. The van der Waals surface area contributed by atoms with Crippen molar-refractivity contribution in [3.8, 4) is 5.75 Å². The Hall–Kier alpha value is -3.84. The van der Waals surface area contributed by atoms with Crippen LogP contribution in [-0.4, -0.2) is 21.8 Å². The van der Waals surface area contributed by atoms with E-state index in [2.05, 4.69) is 11.9 Å². The van der Waals surface area contributed by atoms with Crippen molar-refractivity contribution in [3.05, 3.63) is 113 Å². The van der Waals surface area contributed by atoms with Gasteiger partial charge in [0.15, 0.2) is 11.3 Å². The van der Waals surface area contributed by atoms with Gasteiger partial charge < -0.3 is 4.74 Å². The van der Waals surface area contributed by atoms with E-state index in [-0.39, 0.29) is 5.91 Å². The van der Waals surface area contributed by atoms with Crippen LogP contribution in [0.4, 0.5) is 0 Å². The molecular formula is C26H22N4O2S. The average Bonchev–Trinajstić information content (AvgIpc) is 2.86. The minimum absolute atomic E-state index is 0.188. The van der Waals surface area contributed by atoms with Crippen molar-refractivity contribution in [2.75, 3.05) is 5.75 Å². The summed E-state index contributed by atoms with van der Waals surface area (Å²) >= 11 is 1.43. The number of ether oxygens (including phenoxy) is 1. The molecule has 2 aliphatic rings. The fourth-order valence-electron chi connectivity index (χ4n) is 3.72. The summed E-state index contributed by atoms with van der Waals surface area (Å²) in [6, 6.07) is 25.5. The molecule has 0 aliphatic carbocycles. The van der Waals surface area contributed by atoms with Crippen LogP contribution in [0, 0.1) is 0 Å². The molecule has 0 aromatic heterocycles. The Morgan fingerprint density at radius 2 is 1.79 bits per heavy atom. The second kappa shape index (κ2) is 9.34. The number of amidine groups is 1. The molecule has 0 unspecified atom stereocenters. The van der Waals surface area contributed by atoms with Crippen LogP contribution < -0.4 is 20.6 Å². The average molecular weight is 455 g/mol. The van der Waals surface area contributed by atoms with E-state index in [1.807, 2.05) is 78.9 Å². The van der Waals surface area contributed by atoms with Gasteiger partial charge in [-0.15, -0.1) is 11.7 Å². The van der Waals surface area contributed by atoms with Gasteiger partial charge in [0, 0.05) is 11.0 Å². The Balaban J connectivity index is 1.47. The third-order valence-electron chi connectivity index (χ3n) is 5.28. The van der Waals surface area contributed by atoms with Crippen molar-refractivity contribution in [1.82, 2.24) is 10.3 Å². The highest BCUT2D eigenvalue weighted by atomic mass is 32.2. The second-order valence-corrected chi connectivity index (χ2v) is 8.52. The van der Waals surface area contributed by atoms with E-state index in [0.717, 1.165) is 27.5 Å². The van der Waals surface area contributed by atoms with E-state index in [9.17, 15) is 4.79 Å². The van der Waals surface area contributed by atoms with Crippen LogP contribution >= 0.6 is 11.8 Å². The van der Waals surface area contributed by atoms with Crippen molar-refractivity contribution in [1.29, 1.82) is 0 Å². The van der Waals surface area contributed by atoms with Gasteiger partial charge in [-0.1, -0.05) is 78.5 Å². The third-order valence-corrected chi connectivity index (χ3v) is 6.14. The van der Waals surface area contributed by atoms with Crippen molar-refractivity contribution >= 4 is 28.5 Å². The van der Waals surface area contributed by atoms with Crippen molar-refractivity contribution < 1.29 is 9.53 Å². The largest absolute Gasteiger partial charge is 0.489 e. The molecule has 164 valence electrons. The minimum Gasteiger partial charge on any atom is -0.489 e. The summed E-state index contributed by atoms with van der Waals surface area (Å²) < 4.78 is 5.92. The molecule has 0 radical (unpaired) electrons. The molecule has 1 atom stereocenters. The Morgan fingerprint density at radius 3 is 2.58 bits per heavy atom. The van der Waals surface area contributed by atoms with Crippen LogP contribution in [-0.2, 0) is 11.4 Å². The number of hydrogen-bond acceptors (Lipinski definition) is 6. The van der Waals surface area contributed by atoms with E-state index < -0.39 is 6.17 Å². The summed E-state index contributed by atoms with van der Waals surface area (Å²) in [4.78, 5) is 18.0. The van der Waals surface area contributed by atoms with Gasteiger partial charge in [-0.05, 0) is 29.3 Å². The molecule has 0 fully saturated rings. The fourth-order valence-corrected chi connectivity index (χ4v) is 4.31. The Kier molecular flexibility index (Phi) is 5.95. The van der Waals surface area contributed by atoms with Crippen molar-refractivity contribution in [2.24, 2.45) is 10.1 Å². The predicted octanol–water partition coefficient (Wildman–Crippen LogP) is 3.33. The zero-order valence-electron chi connectivity index (χ0n) is 17.8. The number of nitrogens with one attached hydrogen (secondary N) is 1. The minimum atomic E-state index is -0.455. The SMILES string of the molecule is C=CCSC1=NN2C(=c3ccccc3=N[C@@H]2c2ccc(OCc3ccccc3)cc2)C(=O)N1. The molecule has 3 aromatic rings. The first-order valence-electron chi connectivity index (χ1n) is 10.6. The summed E-state index contributed by atoms with van der Waals surface area (Å²) in [6.45, 7) is 4.24. The lowest BCUT2D eigenvalue weighted by atomic mass is 10.1. The topological polar surface area (TPSA) is 66.3 Å². The lowest BCUT2D eigenvalue weighted by molar-refractivity contribution is -0.116. The molecule has 6 nitrogen and oxygen atoms in total. The van der Waals surface area contributed by atoms with Gasteiger partial charge in [0.1, 0.15) is 18.1 Å². The Morgan fingerprint density at radius 1 is 1.03 bits per heavy atom. The predicted molar refractivity (Wildman–Crippen MR) is 131 cm³/mol. The van der Waals surface area contributed by atoms with Gasteiger partial charge in [-0.25, -0.2) is 5.01 Å². The molecule has 2 aliphatic heterocycles. The molecule has 1 N–H and O–H groups in total. The van der Waals surface area contributed by atoms with Crippen LogP contribution in [0.15, 0.2) is 102 Å². The fraction of sp³-hybridized carbons (Fsp3) is 0.115. The van der Waals surface area contributed by atoms with Gasteiger partial charge in [-0.2, -0.15) is 0 Å². The summed E-state index contributed by atoms with van der Waals surface area (Å²) in [5.74, 6) is 1.23. The van der Waals surface area contributed by atoms with Crippen molar-refractivity contribution in [2.45, 2.75) is 12.8 Å². The number of hydrazone groups is 1. The first-order valence-corrected chi connectivity index (χ1v) is 11.6. The van der Waals surface area contributed by atoms with Crippen LogP contribution in [0.3, 0.4) is 0 Å². The number of rotatable bonds is 6. The number of fused-ring (bicyclic) bond motifs is 2. The van der Waals surface area contributed by atoms with E-state index in [1.54, 1.807) is 11.1 Å². The molecule has 0 saturated carbocycles. The highest BCUT2D eigenvalue weighted by Crippen LogP contribution is 2.31. The number of para-hydroxylation sites is 1. The Bertz CT molecular complexity index is 1340. The quantitative estimate of drug-likeness (QED) is 0.581. The molecule has 0 bridgehead atoms. The van der Waals surface area contributed by atoms with E-state index in [4.69, 9.17) is 14.8 Å². The molecule has 7 heteroatoms. The second-order valence-electron chi connectivity index (χ2n) is 7.52. The summed E-state index contributed by atoms with van der Waals surface area (Å²) in [7, 11) is 0. The maximum absolute atomic E-state index is 13.0. The van der Waals surface area contributed by atoms with E-state index in [0.29, 0.717) is 23.2 Å². The van der Waals surface area contributed by atoms with Crippen LogP contribution in [0.25, 0.3) is 5.70 Å². The molecule has 2 heterocycles. The van der Waals surface area contributed by atoms with Crippen LogP contribution in [0.1, 0.15) is 17.3 Å². The molecule has 0 spiro atoms. The monoisotopic (exact) mass is 454 g/mol. The number of amides is 1. The first kappa shape index (κ1) is 21.0. The molecule has 33 heavy (non-hydrogen) atoms. The number of hydrogen-bond donors (Lipinski definition) is 1. The molecule has 1 amide bonds. The Labute approximate surface area is 196 Å². The van der Waals surface area contributed by atoms with Crippen LogP contribution in [0.5, 0.6) is 5.75 Å². The van der Waals surface area contributed by atoms with Crippen molar-refractivity contribution in [3.63, 3.8) is 0 Å². The lowest BCUT2D eigenvalue weighted by Gasteiger charge is -2.34. The van der Waals surface area contributed by atoms with E-state index >= 15 is 0 Å². The first-order chi connectivity index (χ1) is 16.2. The maximum atomic E-state index is 13.0. The molecule has 0 saturated heterocycles. The number of carbonyl (C=O) groups is 1. The van der Waals surface area contributed by atoms with Crippen LogP contribution in [0.2, 0.25) is 0 Å². The van der Waals surface area contributed by atoms with E-state index in [1.165, 1.54) is 11.8 Å². The molecule has 5 rings (SSSR count). The maximum Gasteiger partial charge on any atom is 0.276 e. The molecular weight excluding hydrogens is 432 g/mol. The molecule has 3 aromatic carbocycles. The zero-order valence-corrected chi connectivity index (χ0v) is 18.7. The smallest absolute Gasteiger partial charge is 0.276 e. The van der Waals surface area contributed by atoms with Gasteiger partial charge in [-0.3, -0.25) is 15.1 Å². The van der Waals surface area contributed by atoms with Gasteiger partial charge in [0.2, 0.25) is 0 Å². The number of benzene rings is 3. The van der Waals surface area contributed by atoms with Gasteiger partial charge in [0.25, 0.3) is 5.91 Å². The summed E-state index contributed by atoms with van der Waals surface area (Å²) in [5.41, 5.74) is 2.52. The standard InChI is InChI=1S/C26H22N4O2S/c1-2-16-33-26-28-25(31)23-21-10-6-7-11-22(21)27-24(30(23)29-26)19-12-14-20(15-13-19)32-17-18-8-4-3-5-9-18/h2-15,24H,1,16-17H2,(H,28,29,31)/t24-/m0/s1. The highest BCUT2D eigenvalue weighted by Gasteiger charge is 2.34. The normalized spacial score (nSPS) is 16.7. The lowest BCUT2D eigenvalue weighted by Crippen LogP contribution is -2.50. The number of nitrogens with zero attached hydrogens (tertiary/aromatic N) is 3.